The van der Waals surface area contributed by atoms with E-state index in [1.165, 1.54) is 32.5 Å². The molecule has 0 atom stereocenters. The molecule has 1 saturated heterocycles. The van der Waals surface area contributed by atoms with Crippen LogP contribution in [0.25, 0.3) is 0 Å². The van der Waals surface area contributed by atoms with Crippen LogP contribution in [0.15, 0.2) is 18.2 Å². The molecule has 1 aromatic rings. The van der Waals surface area contributed by atoms with Crippen LogP contribution in [0.5, 0.6) is 0 Å². The van der Waals surface area contributed by atoms with Crippen LogP contribution in [0, 0.1) is 6.07 Å². The maximum absolute atomic E-state index is 5.63. The molecule has 1 heterocycles. The number of rotatable bonds is 7. The largest absolute Gasteiger partial charge is 0.384 e. The molecule has 0 bridgehead atoms. The van der Waals surface area contributed by atoms with Gasteiger partial charge in [0, 0.05) is 31.4 Å². The lowest BCUT2D eigenvalue weighted by Crippen LogP contribution is -2.43. The van der Waals surface area contributed by atoms with E-state index in [0.717, 1.165) is 24.3 Å². The van der Waals surface area contributed by atoms with Crippen LogP contribution in [0.3, 0.4) is 0 Å². The van der Waals surface area contributed by atoms with Gasteiger partial charge in [-0.2, -0.15) is 0 Å². The highest BCUT2D eigenvalue weighted by atomic mass is 15.1. The molecule has 0 amide bonds. The van der Waals surface area contributed by atoms with Crippen LogP contribution >= 0.6 is 0 Å². The fourth-order valence-electron chi connectivity index (χ4n) is 2.68. The van der Waals surface area contributed by atoms with Crippen molar-refractivity contribution in [1.82, 2.24) is 10.2 Å². The van der Waals surface area contributed by atoms with Gasteiger partial charge >= 0.3 is 0 Å². The minimum atomic E-state index is 0.570. The molecule has 111 valence electrons. The number of benzene rings is 1. The molecular weight excluding hydrogens is 248 g/mol. The van der Waals surface area contributed by atoms with E-state index in [1.807, 2.05) is 12.1 Å². The van der Waals surface area contributed by atoms with Crippen LogP contribution in [-0.2, 0) is 6.54 Å². The SMILES string of the molecule is CCN1CCC(NCCNc2c[c]cc(CN)c2)CC1. The van der Waals surface area contributed by atoms with Gasteiger partial charge in [0.05, 0.1) is 0 Å². The first-order chi connectivity index (χ1) is 9.81. The zero-order valence-corrected chi connectivity index (χ0v) is 12.5. The Bertz CT molecular complexity index is 386. The van der Waals surface area contributed by atoms with E-state index in [4.69, 9.17) is 5.73 Å². The molecule has 20 heavy (non-hydrogen) atoms. The van der Waals surface area contributed by atoms with E-state index in [-0.39, 0.29) is 0 Å². The van der Waals surface area contributed by atoms with Crippen LogP contribution in [0.4, 0.5) is 5.69 Å². The van der Waals surface area contributed by atoms with Crippen molar-refractivity contribution in [2.45, 2.75) is 32.4 Å². The first kappa shape index (κ1) is 15.3. The minimum Gasteiger partial charge on any atom is -0.384 e. The number of hydrogen-bond donors (Lipinski definition) is 3. The second-order valence-corrected chi connectivity index (χ2v) is 5.42. The summed E-state index contributed by atoms with van der Waals surface area (Å²) in [5, 5.41) is 7.06. The Morgan fingerprint density at radius 3 is 2.80 bits per heavy atom. The summed E-state index contributed by atoms with van der Waals surface area (Å²) >= 11 is 0. The summed E-state index contributed by atoms with van der Waals surface area (Å²) in [5.41, 5.74) is 7.86. The number of nitrogens with two attached hydrogens (primary N) is 1. The summed E-state index contributed by atoms with van der Waals surface area (Å²) in [4.78, 5) is 2.52. The second-order valence-electron chi connectivity index (χ2n) is 5.42. The quantitative estimate of drug-likeness (QED) is 0.659. The summed E-state index contributed by atoms with van der Waals surface area (Å²) in [6.07, 6.45) is 2.54. The second kappa shape index (κ2) is 8.25. The number of piperidine rings is 1. The standard InChI is InChI=1S/C16H27N4/c1-2-20-10-6-15(7-11-20)18-8-9-19-16-5-3-4-14(12-16)13-17/h4-5,12,15,18-19H,2,6-11,13,17H2,1H3. The Kier molecular flexibility index (Phi) is 6.30. The van der Waals surface area contributed by atoms with Gasteiger partial charge in [0.1, 0.15) is 0 Å². The van der Waals surface area contributed by atoms with Gasteiger partial charge in [-0.15, -0.1) is 0 Å². The van der Waals surface area contributed by atoms with Gasteiger partial charge in [-0.3, -0.25) is 0 Å². The van der Waals surface area contributed by atoms with Crippen LogP contribution in [-0.4, -0.2) is 43.7 Å². The normalized spacial score (nSPS) is 17.3. The highest BCUT2D eigenvalue weighted by Crippen LogP contribution is 2.10. The Hall–Kier alpha value is -1.10. The number of likely N-dealkylation sites (tertiary alicyclic amines) is 1. The van der Waals surface area contributed by atoms with Crippen molar-refractivity contribution in [2.24, 2.45) is 5.73 Å². The summed E-state index contributed by atoms with van der Waals surface area (Å²) in [6, 6.07) is 9.80. The van der Waals surface area contributed by atoms with Crippen LogP contribution < -0.4 is 16.4 Å². The lowest BCUT2D eigenvalue weighted by atomic mass is 10.1. The van der Waals surface area contributed by atoms with E-state index < -0.39 is 0 Å². The summed E-state index contributed by atoms with van der Waals surface area (Å²) in [5.74, 6) is 0. The molecule has 4 heteroatoms. The summed E-state index contributed by atoms with van der Waals surface area (Å²) in [7, 11) is 0. The monoisotopic (exact) mass is 275 g/mol. The lowest BCUT2D eigenvalue weighted by molar-refractivity contribution is 0.207. The minimum absolute atomic E-state index is 0.570. The summed E-state index contributed by atoms with van der Waals surface area (Å²) in [6.45, 7) is 8.40. The Labute approximate surface area is 122 Å². The fraction of sp³-hybridized carbons (Fsp3) is 0.625. The molecular formula is C16H27N4. The number of anilines is 1. The first-order valence-electron chi connectivity index (χ1n) is 7.71. The maximum Gasteiger partial charge on any atom is 0.0350 e. The van der Waals surface area contributed by atoms with Gasteiger partial charge in [-0.05, 0) is 62.3 Å². The van der Waals surface area contributed by atoms with E-state index in [0.29, 0.717) is 12.6 Å². The zero-order chi connectivity index (χ0) is 14.2. The number of nitrogens with zero attached hydrogens (tertiary/aromatic N) is 1. The third-order valence-corrected chi connectivity index (χ3v) is 4.01. The van der Waals surface area contributed by atoms with Gasteiger partial charge in [0.2, 0.25) is 0 Å². The van der Waals surface area contributed by atoms with Gasteiger partial charge < -0.3 is 21.3 Å². The van der Waals surface area contributed by atoms with E-state index in [9.17, 15) is 0 Å². The first-order valence-corrected chi connectivity index (χ1v) is 7.71. The molecule has 0 saturated carbocycles. The van der Waals surface area contributed by atoms with Crippen molar-refractivity contribution in [1.29, 1.82) is 0 Å². The van der Waals surface area contributed by atoms with E-state index in [1.54, 1.807) is 0 Å². The van der Waals surface area contributed by atoms with Crippen molar-refractivity contribution in [3.05, 3.63) is 29.8 Å². The molecule has 4 N–H and O–H groups in total. The van der Waals surface area contributed by atoms with Gasteiger partial charge in [-0.1, -0.05) is 6.92 Å². The molecule has 1 radical (unpaired) electrons. The van der Waals surface area contributed by atoms with E-state index >= 15 is 0 Å². The molecule has 1 aromatic carbocycles. The zero-order valence-electron chi connectivity index (χ0n) is 12.5. The van der Waals surface area contributed by atoms with Crippen molar-refractivity contribution >= 4 is 5.69 Å². The van der Waals surface area contributed by atoms with Crippen molar-refractivity contribution in [3.8, 4) is 0 Å². The fourth-order valence-corrected chi connectivity index (χ4v) is 2.68. The average Bonchev–Trinajstić information content (AvgIpc) is 2.52. The maximum atomic E-state index is 5.63. The Balaban J connectivity index is 1.62. The van der Waals surface area contributed by atoms with Crippen LogP contribution in [0.2, 0.25) is 0 Å². The van der Waals surface area contributed by atoms with Gasteiger partial charge in [0.25, 0.3) is 0 Å². The summed E-state index contributed by atoms with van der Waals surface area (Å²) < 4.78 is 0. The molecule has 0 spiro atoms. The van der Waals surface area contributed by atoms with Gasteiger partial charge in [-0.25, -0.2) is 0 Å². The van der Waals surface area contributed by atoms with Crippen molar-refractivity contribution in [2.75, 3.05) is 38.0 Å². The van der Waals surface area contributed by atoms with E-state index in [2.05, 4.69) is 34.6 Å². The smallest absolute Gasteiger partial charge is 0.0350 e. The third kappa shape index (κ3) is 4.78. The lowest BCUT2D eigenvalue weighted by Gasteiger charge is -2.31. The predicted molar refractivity (Wildman–Crippen MR) is 84.8 cm³/mol. The topological polar surface area (TPSA) is 53.3 Å². The molecule has 0 unspecified atom stereocenters. The van der Waals surface area contributed by atoms with Crippen molar-refractivity contribution < 1.29 is 0 Å². The van der Waals surface area contributed by atoms with Crippen LogP contribution in [0.1, 0.15) is 25.3 Å². The highest BCUT2D eigenvalue weighted by Gasteiger charge is 2.16. The molecule has 0 aliphatic carbocycles. The molecule has 2 rings (SSSR count). The average molecular weight is 275 g/mol. The Morgan fingerprint density at radius 1 is 1.30 bits per heavy atom. The molecule has 4 nitrogen and oxygen atoms in total. The molecule has 0 aromatic heterocycles. The number of nitrogens with one attached hydrogen (secondary N) is 2. The molecule has 1 aliphatic rings. The van der Waals surface area contributed by atoms with Crippen molar-refractivity contribution in [3.63, 3.8) is 0 Å². The molecule has 1 fully saturated rings. The highest BCUT2D eigenvalue weighted by molar-refractivity contribution is 5.45. The van der Waals surface area contributed by atoms with Gasteiger partial charge in [0.15, 0.2) is 0 Å². The third-order valence-electron chi connectivity index (χ3n) is 4.01. The number of hydrogen-bond acceptors (Lipinski definition) is 4. The molecule has 1 aliphatic heterocycles. The Morgan fingerprint density at radius 2 is 2.10 bits per heavy atom. The predicted octanol–water partition coefficient (Wildman–Crippen LogP) is 1.43.